The van der Waals surface area contributed by atoms with Gasteiger partial charge in [-0.25, -0.2) is 0 Å². The molecule has 0 amide bonds. The van der Waals surface area contributed by atoms with Gasteiger partial charge in [-0.05, 0) is 54.1 Å². The van der Waals surface area contributed by atoms with Crippen LogP contribution < -0.4 is 15.2 Å². The van der Waals surface area contributed by atoms with Crippen LogP contribution in [0.5, 0.6) is 11.5 Å². The second-order valence-corrected chi connectivity index (χ2v) is 7.38. The van der Waals surface area contributed by atoms with Crippen LogP contribution in [0.15, 0.2) is 42.5 Å². The lowest BCUT2D eigenvalue weighted by Gasteiger charge is -2.25. The van der Waals surface area contributed by atoms with E-state index in [0.29, 0.717) is 13.2 Å². The Balaban J connectivity index is 2.40. The summed E-state index contributed by atoms with van der Waals surface area (Å²) in [4.78, 5) is 0. The van der Waals surface area contributed by atoms with E-state index in [-0.39, 0.29) is 11.3 Å². The predicted molar refractivity (Wildman–Crippen MR) is 105 cm³/mol. The van der Waals surface area contributed by atoms with Crippen molar-refractivity contribution in [3.8, 4) is 11.5 Å². The smallest absolute Gasteiger partial charge is 0.122 e. The lowest BCUT2D eigenvalue weighted by atomic mass is 9.83. The summed E-state index contributed by atoms with van der Waals surface area (Å²) in [5.41, 5.74) is 9.89. The van der Waals surface area contributed by atoms with E-state index < -0.39 is 0 Å². The summed E-state index contributed by atoms with van der Waals surface area (Å²) < 4.78 is 11.4. The maximum Gasteiger partial charge on any atom is 0.122 e. The Morgan fingerprint density at radius 3 is 2.36 bits per heavy atom. The number of nitrogens with two attached hydrogens (primary N) is 1. The molecule has 0 saturated heterocycles. The fourth-order valence-electron chi connectivity index (χ4n) is 3.07. The lowest BCUT2D eigenvalue weighted by molar-refractivity contribution is 0.335. The van der Waals surface area contributed by atoms with Crippen LogP contribution in [0.25, 0.3) is 0 Å². The quantitative estimate of drug-likeness (QED) is 0.795. The van der Waals surface area contributed by atoms with Gasteiger partial charge in [-0.15, -0.1) is 0 Å². The van der Waals surface area contributed by atoms with Gasteiger partial charge in [0.25, 0.3) is 0 Å². The topological polar surface area (TPSA) is 44.5 Å². The second-order valence-electron chi connectivity index (χ2n) is 7.38. The Kier molecular flexibility index (Phi) is 6.49. The lowest BCUT2D eigenvalue weighted by Crippen LogP contribution is -2.18. The Bertz CT molecular complexity index is 689. The minimum atomic E-state index is 0.0867. The zero-order valence-corrected chi connectivity index (χ0v) is 16.1. The molecule has 1 unspecified atom stereocenters. The molecule has 1 atom stereocenters. The fraction of sp³-hybridized carbons (Fsp3) is 0.455. The standard InChI is InChI=1S/C22H31NO2/c1-6-25-20-10-8-7-9-16(20)13-17(15-23)19-14-18(22(2,3)4)11-12-21(19)24-5/h7-12,14,17H,6,13,15,23H2,1-5H3. The maximum atomic E-state index is 6.16. The average Bonchev–Trinajstić information content (AvgIpc) is 2.60. The first kappa shape index (κ1) is 19.3. The van der Waals surface area contributed by atoms with Gasteiger partial charge in [-0.2, -0.15) is 0 Å². The monoisotopic (exact) mass is 341 g/mol. The maximum absolute atomic E-state index is 6.16. The van der Waals surface area contributed by atoms with Crippen LogP contribution in [-0.2, 0) is 11.8 Å². The molecule has 2 N–H and O–H groups in total. The zero-order chi connectivity index (χ0) is 18.4. The summed E-state index contributed by atoms with van der Waals surface area (Å²) in [6, 6.07) is 14.7. The SMILES string of the molecule is CCOc1ccccc1CC(CN)c1cc(C(C)(C)C)ccc1OC. The predicted octanol–water partition coefficient (Wildman–Crippen LogP) is 4.68. The summed E-state index contributed by atoms with van der Waals surface area (Å²) >= 11 is 0. The zero-order valence-electron chi connectivity index (χ0n) is 16.1. The summed E-state index contributed by atoms with van der Waals surface area (Å²) in [6.07, 6.45) is 0.830. The van der Waals surface area contributed by atoms with E-state index in [9.17, 15) is 0 Å². The van der Waals surface area contributed by atoms with Gasteiger partial charge in [0.2, 0.25) is 0 Å². The molecule has 0 radical (unpaired) electrons. The van der Waals surface area contributed by atoms with E-state index in [4.69, 9.17) is 15.2 Å². The molecule has 2 aromatic carbocycles. The largest absolute Gasteiger partial charge is 0.496 e. The minimum absolute atomic E-state index is 0.0867. The van der Waals surface area contributed by atoms with Gasteiger partial charge in [-0.3, -0.25) is 0 Å². The molecule has 0 saturated carbocycles. The van der Waals surface area contributed by atoms with Gasteiger partial charge < -0.3 is 15.2 Å². The molecule has 0 heterocycles. The highest BCUT2D eigenvalue weighted by Crippen LogP contribution is 2.35. The molecule has 0 aromatic heterocycles. The molecule has 0 bridgehead atoms. The Hall–Kier alpha value is -2.00. The molecule has 2 rings (SSSR count). The van der Waals surface area contributed by atoms with Crippen LogP contribution in [-0.4, -0.2) is 20.3 Å². The number of rotatable bonds is 7. The molecule has 0 fully saturated rings. The molecule has 0 spiro atoms. The van der Waals surface area contributed by atoms with E-state index in [2.05, 4.69) is 45.0 Å². The van der Waals surface area contributed by atoms with Crippen molar-refractivity contribution in [2.45, 2.75) is 45.4 Å². The molecule has 3 heteroatoms. The third-order valence-corrected chi connectivity index (χ3v) is 4.56. The first-order valence-corrected chi connectivity index (χ1v) is 8.99. The third-order valence-electron chi connectivity index (χ3n) is 4.56. The fourth-order valence-corrected chi connectivity index (χ4v) is 3.07. The second kappa shape index (κ2) is 8.39. The van der Waals surface area contributed by atoms with Crippen LogP contribution in [0.3, 0.4) is 0 Å². The van der Waals surface area contributed by atoms with Crippen LogP contribution in [0.2, 0.25) is 0 Å². The van der Waals surface area contributed by atoms with Crippen LogP contribution >= 0.6 is 0 Å². The number of methoxy groups -OCH3 is 1. The molecular weight excluding hydrogens is 310 g/mol. The van der Waals surface area contributed by atoms with Crippen molar-refractivity contribution >= 4 is 0 Å². The number of hydrogen-bond acceptors (Lipinski definition) is 3. The van der Waals surface area contributed by atoms with Crippen molar-refractivity contribution in [3.05, 3.63) is 59.2 Å². The van der Waals surface area contributed by atoms with E-state index >= 15 is 0 Å². The van der Waals surface area contributed by atoms with E-state index in [1.807, 2.05) is 25.1 Å². The molecular formula is C22H31NO2. The summed E-state index contributed by atoms with van der Waals surface area (Å²) in [7, 11) is 1.72. The molecule has 25 heavy (non-hydrogen) atoms. The van der Waals surface area contributed by atoms with Gasteiger partial charge in [0.1, 0.15) is 11.5 Å². The Morgan fingerprint density at radius 2 is 1.76 bits per heavy atom. The highest BCUT2D eigenvalue weighted by Gasteiger charge is 2.21. The van der Waals surface area contributed by atoms with Crippen molar-refractivity contribution in [1.82, 2.24) is 0 Å². The summed E-state index contributed by atoms with van der Waals surface area (Å²) in [5, 5.41) is 0. The van der Waals surface area contributed by atoms with Crippen molar-refractivity contribution < 1.29 is 9.47 Å². The van der Waals surface area contributed by atoms with Crippen molar-refractivity contribution in [2.24, 2.45) is 5.73 Å². The minimum Gasteiger partial charge on any atom is -0.496 e. The van der Waals surface area contributed by atoms with Crippen LogP contribution in [0.4, 0.5) is 0 Å². The van der Waals surface area contributed by atoms with E-state index in [1.54, 1.807) is 7.11 Å². The molecule has 0 aliphatic rings. The normalized spacial score (nSPS) is 12.7. The number of ether oxygens (including phenoxy) is 2. The Morgan fingerprint density at radius 1 is 1.04 bits per heavy atom. The van der Waals surface area contributed by atoms with Gasteiger partial charge >= 0.3 is 0 Å². The van der Waals surface area contributed by atoms with Crippen molar-refractivity contribution in [2.75, 3.05) is 20.3 Å². The number of benzene rings is 2. The Labute approximate surface area is 152 Å². The molecule has 2 aromatic rings. The highest BCUT2D eigenvalue weighted by atomic mass is 16.5. The summed E-state index contributed by atoms with van der Waals surface area (Å²) in [6.45, 7) is 9.89. The van der Waals surface area contributed by atoms with Gasteiger partial charge in [0.05, 0.1) is 13.7 Å². The van der Waals surface area contributed by atoms with E-state index in [0.717, 1.165) is 17.9 Å². The highest BCUT2D eigenvalue weighted by molar-refractivity contribution is 5.44. The van der Waals surface area contributed by atoms with Crippen LogP contribution in [0, 0.1) is 0 Å². The van der Waals surface area contributed by atoms with Gasteiger partial charge in [-0.1, -0.05) is 51.1 Å². The first-order valence-electron chi connectivity index (χ1n) is 8.99. The van der Waals surface area contributed by atoms with Crippen molar-refractivity contribution in [3.63, 3.8) is 0 Å². The molecule has 0 aliphatic heterocycles. The van der Waals surface area contributed by atoms with Crippen molar-refractivity contribution in [1.29, 1.82) is 0 Å². The van der Waals surface area contributed by atoms with Crippen LogP contribution in [0.1, 0.15) is 50.3 Å². The van der Waals surface area contributed by atoms with Gasteiger partial charge in [0.15, 0.2) is 0 Å². The van der Waals surface area contributed by atoms with E-state index in [1.165, 1.54) is 16.7 Å². The average molecular weight is 341 g/mol. The summed E-state index contributed by atoms with van der Waals surface area (Å²) in [5.74, 6) is 2.02. The van der Waals surface area contributed by atoms with Gasteiger partial charge in [0, 0.05) is 5.92 Å². The molecule has 0 aliphatic carbocycles. The molecule has 136 valence electrons. The molecule has 3 nitrogen and oxygen atoms in total. The third kappa shape index (κ3) is 4.76. The number of para-hydroxylation sites is 1. The first-order chi connectivity index (χ1) is 11.9. The number of hydrogen-bond donors (Lipinski definition) is 1.